The summed E-state index contributed by atoms with van der Waals surface area (Å²) in [5, 5.41) is 68.3. The fourth-order valence-electron chi connectivity index (χ4n) is 12.2. The topological polar surface area (TPSA) is 292 Å². The van der Waals surface area contributed by atoms with E-state index < -0.39 is 119 Å². The Balaban J connectivity index is 1.36. The summed E-state index contributed by atoms with van der Waals surface area (Å²) in [4.78, 5) is 63.8. The van der Waals surface area contributed by atoms with Crippen molar-refractivity contribution in [1.29, 1.82) is 0 Å². The summed E-state index contributed by atoms with van der Waals surface area (Å²) in [5.41, 5.74) is -5.04. The van der Waals surface area contributed by atoms with Gasteiger partial charge in [0.15, 0.2) is 18.7 Å². The highest BCUT2D eigenvalue weighted by Crippen LogP contribution is 2.42. The molecule has 3 aliphatic heterocycles. The van der Waals surface area contributed by atoms with E-state index in [4.69, 9.17) is 42.7 Å². The van der Waals surface area contributed by atoms with Crippen molar-refractivity contribution in [2.45, 2.75) is 198 Å². The molecular weight excluding hydrogens is 1120 g/mol. The molecule has 484 valence electrons. The molecule has 0 radical (unpaired) electrons. The van der Waals surface area contributed by atoms with Gasteiger partial charge in [-0.15, -0.1) is 11.8 Å². The van der Waals surface area contributed by atoms with E-state index in [1.165, 1.54) is 32.0 Å². The molecule has 6 N–H and O–H groups in total. The number of aliphatic hydroxyl groups excluding tert-OH is 2. The maximum Gasteiger partial charge on any atom is 0.407 e. The van der Waals surface area contributed by atoms with Gasteiger partial charge in [0.2, 0.25) is 5.43 Å². The molecule has 1 amide bonds. The third kappa shape index (κ3) is 17.8. The predicted octanol–water partition coefficient (Wildman–Crippen LogP) is 4.68. The highest BCUT2D eigenvalue weighted by Gasteiger charge is 2.54. The molecule has 0 aliphatic carbocycles. The van der Waals surface area contributed by atoms with Gasteiger partial charge in [-0.25, -0.2) is 9.59 Å². The van der Waals surface area contributed by atoms with E-state index in [0.29, 0.717) is 36.6 Å². The second-order valence-electron chi connectivity index (χ2n) is 24.3. The summed E-state index contributed by atoms with van der Waals surface area (Å²) in [5.74, 6) is -5.16. The Bertz CT molecular complexity index is 2590. The average Bonchev–Trinajstić information content (AvgIpc) is 2.48. The number of rotatable bonds is 23. The second kappa shape index (κ2) is 31.3. The number of likely N-dealkylation sites (N-methyl/N-ethyl adjacent to an activating group) is 2. The number of esters is 1. The summed E-state index contributed by atoms with van der Waals surface area (Å²) >= 11 is 1.43. The van der Waals surface area contributed by atoms with E-state index in [9.17, 15) is 44.7 Å². The lowest BCUT2D eigenvalue weighted by Gasteiger charge is -2.49. The molecule has 5 rings (SSSR count). The molecule has 0 saturated carbocycles. The van der Waals surface area contributed by atoms with E-state index in [2.05, 4.69) is 15.4 Å². The third-order valence-electron chi connectivity index (χ3n) is 17.2. The van der Waals surface area contributed by atoms with Gasteiger partial charge < -0.3 is 88.4 Å². The van der Waals surface area contributed by atoms with Gasteiger partial charge in [0.1, 0.15) is 35.6 Å². The van der Waals surface area contributed by atoms with Gasteiger partial charge in [-0.2, -0.15) is 0 Å². The quantitative estimate of drug-likeness (QED) is 0.0381. The number of aromatic carboxylic acids is 1. The van der Waals surface area contributed by atoms with Crippen LogP contribution < -0.4 is 15.8 Å². The monoisotopic (exact) mass is 1220 g/mol. The number of oxime groups is 1. The van der Waals surface area contributed by atoms with E-state index in [-0.39, 0.29) is 62.1 Å². The van der Waals surface area contributed by atoms with E-state index in [1.807, 2.05) is 52.8 Å². The van der Waals surface area contributed by atoms with Gasteiger partial charge in [0.25, 0.3) is 0 Å². The van der Waals surface area contributed by atoms with Crippen molar-refractivity contribution in [1.82, 2.24) is 19.8 Å². The number of alkyl carbamates (subject to hydrolysis) is 1. The first-order chi connectivity index (χ1) is 39.9. The van der Waals surface area contributed by atoms with Gasteiger partial charge in [-0.05, 0) is 106 Å². The maximum atomic E-state index is 14.8. The smallest absolute Gasteiger partial charge is 0.407 e. The molecule has 24 nitrogen and oxygen atoms in total. The summed E-state index contributed by atoms with van der Waals surface area (Å²) in [6, 6.07) is 4.91. The Morgan fingerprint density at radius 2 is 1.59 bits per heavy atom. The summed E-state index contributed by atoms with van der Waals surface area (Å²) in [7, 11) is 8.68. The molecule has 18 atom stereocenters. The van der Waals surface area contributed by atoms with Crippen LogP contribution in [0, 0.1) is 23.7 Å². The Hall–Kier alpha value is -4.22. The first-order valence-electron chi connectivity index (χ1n) is 29.9. The normalized spacial score (nSPS) is 34.9. The number of amides is 1. The van der Waals surface area contributed by atoms with Crippen molar-refractivity contribution in [2.75, 3.05) is 92.1 Å². The first-order valence-corrected chi connectivity index (χ1v) is 30.9. The second-order valence-corrected chi connectivity index (χ2v) is 25.4. The van der Waals surface area contributed by atoms with Crippen LogP contribution in [0.4, 0.5) is 4.79 Å². The fourth-order valence-corrected chi connectivity index (χ4v) is 13.0. The zero-order valence-corrected chi connectivity index (χ0v) is 54.0. The molecule has 2 aromatic rings. The van der Waals surface area contributed by atoms with Gasteiger partial charge in [-0.3, -0.25) is 14.3 Å². The van der Waals surface area contributed by atoms with Crippen LogP contribution in [0.1, 0.15) is 119 Å². The lowest BCUT2D eigenvalue weighted by molar-refractivity contribution is -0.317. The van der Waals surface area contributed by atoms with Crippen molar-refractivity contribution in [3.63, 3.8) is 0 Å². The van der Waals surface area contributed by atoms with Crippen LogP contribution in [-0.4, -0.2) is 235 Å². The average molecular weight is 1230 g/mol. The first kappa shape index (κ1) is 71.5. The Labute approximate surface area is 506 Å². The molecule has 3 saturated heterocycles. The minimum absolute atomic E-state index is 0.0167. The maximum absolute atomic E-state index is 14.8. The number of nitrogens with one attached hydrogen (secondary N) is 1. The summed E-state index contributed by atoms with van der Waals surface area (Å²) in [6.07, 6.45) is -9.77. The number of fused-ring (bicyclic) bond motifs is 1. The number of cyclic esters (lactones) is 1. The summed E-state index contributed by atoms with van der Waals surface area (Å²) in [6.45, 7) is 24.1. The van der Waals surface area contributed by atoms with E-state index in [1.54, 1.807) is 84.4 Å². The number of aliphatic hydroxyl groups is 4. The minimum atomic E-state index is -2.00. The minimum Gasteiger partial charge on any atom is -0.477 e. The summed E-state index contributed by atoms with van der Waals surface area (Å²) < 4.78 is 52.4. The fraction of sp³-hybridized carbons (Fsp3) is 0.783. The number of carboxylic acid groups (broad SMARTS) is 1. The molecule has 3 fully saturated rings. The van der Waals surface area contributed by atoms with Crippen LogP contribution in [0.5, 0.6) is 0 Å². The highest BCUT2D eigenvalue weighted by molar-refractivity contribution is 7.99. The van der Waals surface area contributed by atoms with Crippen molar-refractivity contribution in [3.05, 3.63) is 40.2 Å². The lowest BCUT2D eigenvalue weighted by atomic mass is 9.73. The van der Waals surface area contributed by atoms with Crippen LogP contribution in [0.15, 0.2) is 39.2 Å². The highest BCUT2D eigenvalue weighted by atomic mass is 32.2. The standard InChI is InChI=1S/C60H100N6O18S/c1-18-45-60(12,75)51(69)36(6)47(62-78-26-24-65(19-2)20-3)34(4)31-58(10,74)52(83-56-49(68)44(63(13)14)29-35(5)79-56)37(7)50(38(8)55(72)81-45)82-46-32-59(11,76-17)53(39(9)80-46)84-57(73)61-23-25-77-27-28-85-40-21-22-43-41(30-40)48(67)42(54(70)71)33-66(43)64(15)16/h21-22,30,33-39,44-46,49-53,56,68-69,74-75H,18-20,23-29,31-32H2,1-17H3,(H,61,73)(H,70,71)/t34-,35-,36+,37+,38-,39+,44+,45-,46+,49-,50+,51-,52-,53+,56+,58-,59-,60-/m1/s1. The number of ether oxygens (including phenoxy) is 8. The molecule has 0 spiro atoms. The van der Waals surface area contributed by atoms with Gasteiger partial charge in [0.05, 0.1) is 66.5 Å². The number of aromatic nitrogens is 1. The lowest BCUT2D eigenvalue weighted by Crippen LogP contribution is -2.61. The zero-order chi connectivity index (χ0) is 63.5. The van der Waals surface area contributed by atoms with Crippen LogP contribution in [0.25, 0.3) is 10.9 Å². The number of thioether (sulfide) groups is 1. The van der Waals surface area contributed by atoms with E-state index in [0.717, 1.165) is 18.0 Å². The third-order valence-corrected chi connectivity index (χ3v) is 18.2. The number of hydrogen-bond acceptors (Lipinski definition) is 22. The molecule has 1 aromatic carbocycles. The molecule has 0 unspecified atom stereocenters. The molecular formula is C60H100N6O18S. The van der Waals surface area contributed by atoms with Crippen LogP contribution in [-0.2, 0) is 47.5 Å². The number of carbonyl (C=O) groups is 3. The molecule has 0 bridgehead atoms. The van der Waals surface area contributed by atoms with Crippen LogP contribution >= 0.6 is 11.8 Å². The van der Waals surface area contributed by atoms with Crippen molar-refractivity contribution in [3.8, 4) is 0 Å². The van der Waals surface area contributed by atoms with Crippen molar-refractivity contribution in [2.24, 2.45) is 28.8 Å². The number of hydrogen-bond donors (Lipinski definition) is 6. The number of benzene rings is 1. The zero-order valence-electron chi connectivity index (χ0n) is 53.1. The molecule has 1 aromatic heterocycles. The van der Waals surface area contributed by atoms with Crippen LogP contribution in [0.3, 0.4) is 0 Å². The van der Waals surface area contributed by atoms with Gasteiger partial charge in [-0.1, -0.05) is 46.7 Å². The number of carboxylic acids is 1. The number of methoxy groups -OCH3 is 1. The van der Waals surface area contributed by atoms with Gasteiger partial charge in [0, 0.05) is 86.7 Å². The molecule has 4 heterocycles. The van der Waals surface area contributed by atoms with Crippen LogP contribution in [0.2, 0.25) is 0 Å². The predicted molar refractivity (Wildman–Crippen MR) is 321 cm³/mol. The number of pyridine rings is 1. The molecule has 25 heteroatoms. The molecule has 85 heavy (non-hydrogen) atoms. The van der Waals surface area contributed by atoms with Crippen molar-refractivity contribution >= 4 is 46.4 Å². The number of nitrogens with zero attached hydrogens (tertiary/aromatic N) is 5. The Morgan fingerprint density at radius 1 is 0.906 bits per heavy atom. The molecule has 3 aliphatic rings. The Kier molecular flexibility index (Phi) is 26.3. The van der Waals surface area contributed by atoms with Gasteiger partial charge >= 0.3 is 18.0 Å². The van der Waals surface area contributed by atoms with E-state index >= 15 is 0 Å². The SMILES string of the molecule is CC[C@H]1OC(=O)[C@H](C)[C@@H](O[C@H]2C[C@@](C)(OC)[C@@H](OC(=O)NCCOCCSc3ccc4c(c3)c(=O)c(C(=O)O)cn4N(C)C)[C@H](C)O2)[C@H](C)[C@@H](O[C@@H]2O[C@H](C)C[C@H](N(C)C)[C@H]2O)[C@](C)(O)C[C@@H](C)C(=NOCCN(CC)CC)[C@H](C)[C@@H](O)[C@]1(C)O. The largest absolute Gasteiger partial charge is 0.477 e. The van der Waals surface area contributed by atoms with Crippen molar-refractivity contribution < 1.29 is 82.6 Å². The Morgan fingerprint density at radius 3 is 2.20 bits per heavy atom. The number of carbonyl (C=O) groups excluding carboxylic acids is 2.